The van der Waals surface area contributed by atoms with E-state index in [1.54, 1.807) is 0 Å². The summed E-state index contributed by atoms with van der Waals surface area (Å²) >= 11 is 0. The largest absolute Gasteiger partial charge is 0.388 e. The van der Waals surface area contributed by atoms with Gasteiger partial charge in [0.1, 0.15) is 17.5 Å². The smallest absolute Gasteiger partial charge is 0.134 e. The summed E-state index contributed by atoms with van der Waals surface area (Å²) in [6.45, 7) is 3.92. The number of rotatable bonds is 6. The molecule has 2 N–H and O–H groups in total. The normalized spacial score (nSPS) is 17.5. The molecule has 0 aliphatic carbocycles. The van der Waals surface area contributed by atoms with Crippen LogP contribution in [-0.4, -0.2) is 54.5 Å². The number of anilines is 2. The van der Waals surface area contributed by atoms with Crippen LogP contribution in [0.2, 0.25) is 0 Å². The Morgan fingerprint density at radius 2 is 2.10 bits per heavy atom. The summed E-state index contributed by atoms with van der Waals surface area (Å²) in [7, 11) is 3.82. The fourth-order valence-electron chi connectivity index (χ4n) is 2.57. The van der Waals surface area contributed by atoms with E-state index in [0.717, 1.165) is 30.3 Å². The van der Waals surface area contributed by atoms with Crippen molar-refractivity contribution in [3.63, 3.8) is 0 Å². The lowest BCUT2D eigenvalue weighted by Gasteiger charge is -2.35. The van der Waals surface area contributed by atoms with E-state index in [0.29, 0.717) is 32.6 Å². The molecular formula is C15H26N4O2. The molecule has 1 saturated heterocycles. The topological polar surface area (TPSA) is 70.5 Å². The molecule has 0 bridgehead atoms. The van der Waals surface area contributed by atoms with E-state index in [-0.39, 0.29) is 0 Å². The van der Waals surface area contributed by atoms with Gasteiger partial charge in [-0.05, 0) is 6.42 Å². The lowest BCUT2D eigenvalue weighted by Crippen LogP contribution is -2.46. The van der Waals surface area contributed by atoms with Crippen LogP contribution >= 0.6 is 0 Å². The van der Waals surface area contributed by atoms with Gasteiger partial charge in [0, 0.05) is 59.2 Å². The molecule has 1 aromatic rings. The molecule has 2 heterocycles. The molecule has 6 nitrogen and oxygen atoms in total. The molecule has 0 spiro atoms. The maximum Gasteiger partial charge on any atom is 0.134 e. The number of likely N-dealkylation sites (N-methyl/N-ethyl adjacent to an activating group) is 1. The standard InChI is InChI=1S/C15H26N4O2/c1-4-5-12-17-13(16-2)10-14(18-12)19(3)11-15(20)6-8-21-9-7-15/h10,20H,4-9,11H2,1-3H3,(H,16,17,18). The Morgan fingerprint density at radius 1 is 1.38 bits per heavy atom. The van der Waals surface area contributed by atoms with Gasteiger partial charge in [0.2, 0.25) is 0 Å². The molecular weight excluding hydrogens is 268 g/mol. The molecule has 1 aromatic heterocycles. The highest BCUT2D eigenvalue weighted by atomic mass is 16.5. The number of hydrogen-bond acceptors (Lipinski definition) is 6. The summed E-state index contributed by atoms with van der Waals surface area (Å²) in [5.41, 5.74) is -0.692. The van der Waals surface area contributed by atoms with E-state index in [4.69, 9.17) is 4.74 Å². The monoisotopic (exact) mass is 294 g/mol. The second-order valence-electron chi connectivity index (χ2n) is 5.72. The van der Waals surface area contributed by atoms with E-state index in [1.165, 1.54) is 0 Å². The molecule has 0 saturated carbocycles. The summed E-state index contributed by atoms with van der Waals surface area (Å²) in [4.78, 5) is 11.1. The van der Waals surface area contributed by atoms with Gasteiger partial charge in [0.15, 0.2) is 0 Å². The highest BCUT2D eigenvalue weighted by Gasteiger charge is 2.31. The van der Waals surface area contributed by atoms with Crippen molar-refractivity contribution in [2.45, 2.75) is 38.2 Å². The second-order valence-corrected chi connectivity index (χ2v) is 5.72. The van der Waals surface area contributed by atoms with Gasteiger partial charge in [-0.15, -0.1) is 0 Å². The van der Waals surface area contributed by atoms with Gasteiger partial charge in [-0.1, -0.05) is 6.92 Å². The zero-order chi connectivity index (χ0) is 15.3. The fourth-order valence-corrected chi connectivity index (χ4v) is 2.57. The van der Waals surface area contributed by atoms with E-state index in [1.807, 2.05) is 25.1 Å². The third-order valence-electron chi connectivity index (χ3n) is 3.83. The Labute approximate surface area is 126 Å². The Bertz CT molecular complexity index is 461. The average molecular weight is 294 g/mol. The van der Waals surface area contributed by atoms with Gasteiger partial charge < -0.3 is 20.1 Å². The molecule has 1 aliphatic rings. The zero-order valence-corrected chi connectivity index (χ0v) is 13.2. The van der Waals surface area contributed by atoms with Crippen LogP contribution in [0.15, 0.2) is 6.07 Å². The summed E-state index contributed by atoms with van der Waals surface area (Å²) in [5, 5.41) is 13.7. The van der Waals surface area contributed by atoms with Crippen molar-refractivity contribution in [1.82, 2.24) is 9.97 Å². The lowest BCUT2D eigenvalue weighted by atomic mass is 9.94. The zero-order valence-electron chi connectivity index (χ0n) is 13.2. The quantitative estimate of drug-likeness (QED) is 0.827. The van der Waals surface area contributed by atoms with Crippen LogP contribution in [0.25, 0.3) is 0 Å². The Kier molecular flexibility index (Phi) is 5.36. The molecule has 0 aromatic carbocycles. The maximum absolute atomic E-state index is 10.6. The van der Waals surface area contributed by atoms with Crippen LogP contribution in [0.1, 0.15) is 32.0 Å². The first-order valence-electron chi connectivity index (χ1n) is 7.63. The van der Waals surface area contributed by atoms with Gasteiger partial charge in [0.25, 0.3) is 0 Å². The predicted molar refractivity (Wildman–Crippen MR) is 83.8 cm³/mol. The van der Waals surface area contributed by atoms with Gasteiger partial charge in [-0.3, -0.25) is 0 Å². The van der Waals surface area contributed by atoms with Gasteiger partial charge in [-0.25, -0.2) is 9.97 Å². The van der Waals surface area contributed by atoms with Crippen molar-refractivity contribution in [2.24, 2.45) is 0 Å². The van der Waals surface area contributed by atoms with Crippen molar-refractivity contribution in [3.05, 3.63) is 11.9 Å². The molecule has 118 valence electrons. The number of ether oxygens (including phenoxy) is 1. The summed E-state index contributed by atoms with van der Waals surface area (Å²) in [6, 6.07) is 1.92. The van der Waals surface area contributed by atoms with Gasteiger partial charge in [0.05, 0.1) is 5.60 Å². The van der Waals surface area contributed by atoms with Crippen molar-refractivity contribution in [2.75, 3.05) is 44.1 Å². The summed E-state index contributed by atoms with van der Waals surface area (Å²) < 4.78 is 5.33. The number of aliphatic hydroxyl groups is 1. The Morgan fingerprint density at radius 3 is 2.71 bits per heavy atom. The molecule has 0 radical (unpaired) electrons. The van der Waals surface area contributed by atoms with Crippen molar-refractivity contribution < 1.29 is 9.84 Å². The number of aromatic nitrogens is 2. The van der Waals surface area contributed by atoms with Gasteiger partial charge >= 0.3 is 0 Å². The number of aryl methyl sites for hydroxylation is 1. The SMILES string of the molecule is CCCc1nc(NC)cc(N(C)CC2(O)CCOCC2)n1. The van der Waals surface area contributed by atoms with E-state index < -0.39 is 5.60 Å². The highest BCUT2D eigenvalue weighted by Crippen LogP contribution is 2.24. The highest BCUT2D eigenvalue weighted by molar-refractivity contribution is 5.49. The van der Waals surface area contributed by atoms with Crippen molar-refractivity contribution in [1.29, 1.82) is 0 Å². The Hall–Kier alpha value is -1.40. The van der Waals surface area contributed by atoms with Gasteiger partial charge in [-0.2, -0.15) is 0 Å². The summed E-state index contributed by atoms with van der Waals surface area (Å²) in [5.74, 6) is 2.50. The van der Waals surface area contributed by atoms with Crippen molar-refractivity contribution >= 4 is 11.6 Å². The Balaban J connectivity index is 2.13. The predicted octanol–water partition coefficient (Wildman–Crippen LogP) is 1.45. The number of nitrogens with zero attached hydrogens (tertiary/aromatic N) is 3. The first kappa shape index (κ1) is 16.0. The molecule has 6 heteroatoms. The third kappa shape index (κ3) is 4.28. The minimum Gasteiger partial charge on any atom is -0.388 e. The van der Waals surface area contributed by atoms with Crippen LogP contribution in [0.4, 0.5) is 11.6 Å². The summed E-state index contributed by atoms with van der Waals surface area (Å²) in [6.07, 6.45) is 3.21. The molecule has 21 heavy (non-hydrogen) atoms. The van der Waals surface area contributed by atoms with Crippen LogP contribution in [0, 0.1) is 0 Å². The van der Waals surface area contributed by atoms with Crippen LogP contribution in [0.5, 0.6) is 0 Å². The maximum atomic E-state index is 10.6. The molecule has 0 amide bonds. The molecule has 1 fully saturated rings. The van der Waals surface area contributed by atoms with E-state index in [9.17, 15) is 5.11 Å². The molecule has 0 atom stereocenters. The molecule has 2 rings (SSSR count). The molecule has 0 unspecified atom stereocenters. The molecule has 1 aliphatic heterocycles. The van der Waals surface area contributed by atoms with Crippen molar-refractivity contribution in [3.8, 4) is 0 Å². The minimum absolute atomic E-state index is 0.558. The number of hydrogen-bond donors (Lipinski definition) is 2. The second kappa shape index (κ2) is 7.04. The van der Waals surface area contributed by atoms with Crippen LogP contribution in [0.3, 0.4) is 0 Å². The first-order chi connectivity index (χ1) is 10.1. The number of nitrogens with one attached hydrogen (secondary N) is 1. The van der Waals surface area contributed by atoms with E-state index in [2.05, 4.69) is 22.2 Å². The fraction of sp³-hybridized carbons (Fsp3) is 0.733. The van der Waals surface area contributed by atoms with E-state index >= 15 is 0 Å². The third-order valence-corrected chi connectivity index (χ3v) is 3.83. The minimum atomic E-state index is -0.692. The lowest BCUT2D eigenvalue weighted by molar-refractivity contribution is -0.0573. The van der Waals surface area contributed by atoms with Crippen LogP contribution in [-0.2, 0) is 11.2 Å². The van der Waals surface area contributed by atoms with Crippen LogP contribution < -0.4 is 10.2 Å². The average Bonchev–Trinajstić information content (AvgIpc) is 2.47. The first-order valence-corrected chi connectivity index (χ1v) is 7.63.